The highest BCUT2D eigenvalue weighted by atomic mass is 79.9. The van der Waals surface area contributed by atoms with E-state index in [4.69, 9.17) is 0 Å². The number of nitrogens with one attached hydrogen (secondary N) is 1. The summed E-state index contributed by atoms with van der Waals surface area (Å²) in [5, 5.41) is 3.47. The van der Waals surface area contributed by atoms with Crippen LogP contribution in [0.3, 0.4) is 0 Å². The maximum absolute atomic E-state index is 3.69. The molecule has 1 atom stereocenters. The van der Waals surface area contributed by atoms with Gasteiger partial charge in [-0.3, -0.25) is 9.80 Å². The van der Waals surface area contributed by atoms with Crippen molar-refractivity contribution in [3.8, 4) is 0 Å². The summed E-state index contributed by atoms with van der Waals surface area (Å²) in [5.41, 5.74) is 2.73. The van der Waals surface area contributed by atoms with Gasteiger partial charge in [0.1, 0.15) is 0 Å². The molecule has 2 aliphatic heterocycles. The number of hydrogen-bond donors (Lipinski definition) is 1. The van der Waals surface area contributed by atoms with E-state index in [0.717, 1.165) is 12.6 Å². The van der Waals surface area contributed by atoms with Crippen molar-refractivity contribution < 1.29 is 0 Å². The Morgan fingerprint density at radius 2 is 2.05 bits per heavy atom. The summed E-state index contributed by atoms with van der Waals surface area (Å²) in [6.45, 7) is 10.4. The number of benzene rings is 1. The molecule has 1 unspecified atom stereocenters. The van der Waals surface area contributed by atoms with E-state index in [1.54, 1.807) is 0 Å². The third-order valence-corrected chi connectivity index (χ3v) is 5.30. The molecule has 0 aliphatic carbocycles. The molecule has 1 aromatic carbocycles. The van der Waals surface area contributed by atoms with E-state index in [0.29, 0.717) is 0 Å². The van der Waals surface area contributed by atoms with Gasteiger partial charge >= 0.3 is 0 Å². The third-order valence-electron chi connectivity index (χ3n) is 4.56. The second kappa shape index (κ2) is 6.56. The lowest BCUT2D eigenvalue weighted by molar-refractivity contribution is 0.0980. The van der Waals surface area contributed by atoms with Crippen molar-refractivity contribution in [2.45, 2.75) is 25.9 Å². The Morgan fingerprint density at radius 1 is 1.25 bits per heavy atom. The molecule has 0 aromatic heterocycles. The lowest BCUT2D eigenvalue weighted by Gasteiger charge is -2.38. The van der Waals surface area contributed by atoms with Crippen molar-refractivity contribution in [1.29, 1.82) is 0 Å². The normalized spacial score (nSPS) is 25.2. The van der Waals surface area contributed by atoms with E-state index in [1.807, 2.05) is 0 Å². The van der Waals surface area contributed by atoms with Crippen LogP contribution in [0, 0.1) is 6.92 Å². The van der Waals surface area contributed by atoms with Crippen molar-refractivity contribution in [2.75, 3.05) is 39.3 Å². The Balaban J connectivity index is 1.53. The fraction of sp³-hybridized carbons (Fsp3) is 0.625. The number of piperazine rings is 1. The van der Waals surface area contributed by atoms with Crippen LogP contribution in [0.25, 0.3) is 0 Å². The van der Waals surface area contributed by atoms with E-state index in [-0.39, 0.29) is 0 Å². The van der Waals surface area contributed by atoms with Gasteiger partial charge in [-0.05, 0) is 37.1 Å². The lowest BCUT2D eigenvalue weighted by Crippen LogP contribution is -2.50. The van der Waals surface area contributed by atoms with Gasteiger partial charge in [0.25, 0.3) is 0 Å². The molecule has 0 radical (unpaired) electrons. The van der Waals surface area contributed by atoms with Gasteiger partial charge in [0, 0.05) is 49.8 Å². The number of nitrogens with zero attached hydrogens (tertiary/aromatic N) is 2. The molecule has 1 aromatic rings. The van der Waals surface area contributed by atoms with Gasteiger partial charge in [0.15, 0.2) is 0 Å². The van der Waals surface area contributed by atoms with Crippen molar-refractivity contribution in [3.63, 3.8) is 0 Å². The van der Waals surface area contributed by atoms with Gasteiger partial charge < -0.3 is 5.32 Å². The van der Waals surface area contributed by atoms with E-state index in [9.17, 15) is 0 Å². The van der Waals surface area contributed by atoms with Crippen LogP contribution in [0.2, 0.25) is 0 Å². The molecule has 2 heterocycles. The SMILES string of the molecule is Cc1ccc(CN2CCN(C3CCNC3)CC2)c(Br)c1. The van der Waals surface area contributed by atoms with Gasteiger partial charge in [-0.2, -0.15) is 0 Å². The highest BCUT2D eigenvalue weighted by molar-refractivity contribution is 9.10. The molecule has 2 aliphatic rings. The lowest BCUT2D eigenvalue weighted by atomic mass is 10.1. The van der Waals surface area contributed by atoms with Crippen LogP contribution in [-0.2, 0) is 6.54 Å². The minimum atomic E-state index is 0.781. The third kappa shape index (κ3) is 3.42. The standard InChI is InChI=1S/C16H24BrN3/c1-13-2-3-14(16(17)10-13)12-19-6-8-20(9-7-19)15-4-5-18-11-15/h2-3,10,15,18H,4-9,11-12H2,1H3. The molecule has 3 rings (SSSR count). The quantitative estimate of drug-likeness (QED) is 0.912. The van der Waals surface area contributed by atoms with Crippen LogP contribution in [0.15, 0.2) is 22.7 Å². The van der Waals surface area contributed by atoms with Gasteiger partial charge in [0.2, 0.25) is 0 Å². The molecule has 1 N–H and O–H groups in total. The predicted octanol–water partition coefficient (Wildman–Crippen LogP) is 2.24. The van der Waals surface area contributed by atoms with Crippen molar-refractivity contribution in [2.24, 2.45) is 0 Å². The van der Waals surface area contributed by atoms with E-state index < -0.39 is 0 Å². The zero-order chi connectivity index (χ0) is 13.9. The van der Waals surface area contributed by atoms with Crippen molar-refractivity contribution in [1.82, 2.24) is 15.1 Å². The number of aryl methyl sites for hydroxylation is 1. The first-order chi connectivity index (χ1) is 9.72. The maximum atomic E-state index is 3.69. The average molecular weight is 338 g/mol. The molecule has 20 heavy (non-hydrogen) atoms. The first-order valence-electron chi connectivity index (χ1n) is 7.64. The largest absolute Gasteiger partial charge is 0.315 e. The topological polar surface area (TPSA) is 18.5 Å². The molecule has 0 saturated carbocycles. The summed E-state index contributed by atoms with van der Waals surface area (Å²) in [7, 11) is 0. The van der Waals surface area contributed by atoms with E-state index in [2.05, 4.69) is 56.2 Å². The van der Waals surface area contributed by atoms with Gasteiger partial charge in [-0.1, -0.05) is 28.1 Å². The first kappa shape index (κ1) is 14.5. The zero-order valence-corrected chi connectivity index (χ0v) is 13.8. The highest BCUT2D eigenvalue weighted by Gasteiger charge is 2.25. The van der Waals surface area contributed by atoms with Crippen molar-refractivity contribution >= 4 is 15.9 Å². The maximum Gasteiger partial charge on any atom is 0.0246 e. The Hall–Kier alpha value is -0.420. The van der Waals surface area contributed by atoms with E-state index >= 15 is 0 Å². The molecule has 2 saturated heterocycles. The van der Waals surface area contributed by atoms with Gasteiger partial charge in [0.05, 0.1) is 0 Å². The van der Waals surface area contributed by atoms with Crippen molar-refractivity contribution in [3.05, 3.63) is 33.8 Å². The molecule has 0 amide bonds. The summed E-state index contributed by atoms with van der Waals surface area (Å²) in [5.74, 6) is 0. The second-order valence-corrected chi connectivity index (χ2v) is 6.91. The summed E-state index contributed by atoms with van der Waals surface area (Å²) < 4.78 is 1.25. The fourth-order valence-electron chi connectivity index (χ4n) is 3.26. The molecular formula is C16H24BrN3. The second-order valence-electron chi connectivity index (χ2n) is 6.05. The highest BCUT2D eigenvalue weighted by Crippen LogP contribution is 2.21. The zero-order valence-electron chi connectivity index (χ0n) is 12.2. The molecule has 2 fully saturated rings. The monoisotopic (exact) mass is 337 g/mol. The van der Waals surface area contributed by atoms with Crippen LogP contribution in [-0.4, -0.2) is 55.1 Å². The van der Waals surface area contributed by atoms with Crippen LogP contribution in [0.1, 0.15) is 17.5 Å². The molecular weight excluding hydrogens is 314 g/mol. The molecule has 4 heteroatoms. The Labute approximate surface area is 130 Å². The van der Waals surface area contributed by atoms with Gasteiger partial charge in [-0.15, -0.1) is 0 Å². The summed E-state index contributed by atoms with van der Waals surface area (Å²) >= 11 is 3.69. The Morgan fingerprint density at radius 3 is 2.70 bits per heavy atom. The molecule has 3 nitrogen and oxygen atoms in total. The fourth-order valence-corrected chi connectivity index (χ4v) is 3.88. The summed E-state index contributed by atoms with van der Waals surface area (Å²) in [4.78, 5) is 5.25. The number of hydrogen-bond acceptors (Lipinski definition) is 3. The molecule has 0 bridgehead atoms. The average Bonchev–Trinajstić information content (AvgIpc) is 2.97. The minimum Gasteiger partial charge on any atom is -0.315 e. The van der Waals surface area contributed by atoms with Crippen LogP contribution in [0.4, 0.5) is 0 Å². The minimum absolute atomic E-state index is 0.781. The van der Waals surface area contributed by atoms with Crippen LogP contribution < -0.4 is 5.32 Å². The molecule has 0 spiro atoms. The van der Waals surface area contributed by atoms with E-state index in [1.165, 1.54) is 61.3 Å². The Bertz CT molecular complexity index is 449. The van der Waals surface area contributed by atoms with Crippen LogP contribution in [0.5, 0.6) is 0 Å². The smallest absolute Gasteiger partial charge is 0.0246 e. The Kier molecular flexibility index (Phi) is 4.76. The van der Waals surface area contributed by atoms with Gasteiger partial charge in [-0.25, -0.2) is 0 Å². The molecule has 110 valence electrons. The summed E-state index contributed by atoms with van der Waals surface area (Å²) in [6, 6.07) is 7.46. The first-order valence-corrected chi connectivity index (χ1v) is 8.44. The summed E-state index contributed by atoms with van der Waals surface area (Å²) in [6.07, 6.45) is 1.32. The van der Waals surface area contributed by atoms with Crippen LogP contribution >= 0.6 is 15.9 Å². The number of rotatable bonds is 3. The number of halogens is 1. The predicted molar refractivity (Wildman–Crippen MR) is 87.0 cm³/mol.